The van der Waals surface area contributed by atoms with Crippen LogP contribution in [0.3, 0.4) is 0 Å². The van der Waals surface area contributed by atoms with Gasteiger partial charge in [-0.3, -0.25) is 9.59 Å². The van der Waals surface area contributed by atoms with Gasteiger partial charge in [0, 0.05) is 26.7 Å². The van der Waals surface area contributed by atoms with Gasteiger partial charge in [0.25, 0.3) is 0 Å². The van der Waals surface area contributed by atoms with Crippen molar-refractivity contribution < 1.29 is 14.0 Å². The Kier molecular flexibility index (Phi) is 4.90. The van der Waals surface area contributed by atoms with E-state index in [2.05, 4.69) is 5.32 Å². The number of hydrogen-bond acceptors (Lipinski definition) is 3. The highest BCUT2D eigenvalue weighted by Gasteiger charge is 2.33. The maximum Gasteiger partial charge on any atom is 0.243 e. The molecular weight excluding hydrogens is 273 g/mol. The Morgan fingerprint density at radius 3 is 2.71 bits per heavy atom. The largest absolute Gasteiger partial charge is 0.357 e. The van der Waals surface area contributed by atoms with Crippen LogP contribution in [0.25, 0.3) is 0 Å². The molecule has 0 aliphatic carbocycles. The van der Waals surface area contributed by atoms with Crippen molar-refractivity contribution in [2.24, 2.45) is 0 Å². The van der Waals surface area contributed by atoms with Crippen LogP contribution >= 0.6 is 0 Å². The summed E-state index contributed by atoms with van der Waals surface area (Å²) >= 11 is 0. The molecule has 0 bridgehead atoms. The summed E-state index contributed by atoms with van der Waals surface area (Å²) < 4.78 is 13.6. The highest BCUT2D eigenvalue weighted by Crippen LogP contribution is 2.14. The molecule has 0 radical (unpaired) electrons. The van der Waals surface area contributed by atoms with Crippen molar-refractivity contribution in [2.45, 2.75) is 12.5 Å². The van der Waals surface area contributed by atoms with E-state index in [0.717, 1.165) is 0 Å². The number of carbonyl (C=O) groups is 2. The van der Waals surface area contributed by atoms with Gasteiger partial charge < -0.3 is 15.1 Å². The summed E-state index contributed by atoms with van der Waals surface area (Å²) in [6.45, 7) is 1.67. The van der Waals surface area contributed by atoms with E-state index in [-0.39, 0.29) is 18.2 Å². The Hall–Kier alpha value is -1.95. The van der Waals surface area contributed by atoms with Crippen LogP contribution in [0.5, 0.6) is 0 Å². The van der Waals surface area contributed by atoms with Crippen LogP contribution in [-0.4, -0.2) is 61.4 Å². The molecule has 0 aromatic heterocycles. The Morgan fingerprint density at radius 1 is 1.33 bits per heavy atom. The van der Waals surface area contributed by atoms with Crippen molar-refractivity contribution in [3.8, 4) is 0 Å². The molecule has 6 heteroatoms. The fourth-order valence-electron chi connectivity index (χ4n) is 2.52. The summed E-state index contributed by atoms with van der Waals surface area (Å²) in [5.41, 5.74) is 0.358. The summed E-state index contributed by atoms with van der Waals surface area (Å²) in [5, 5.41) is 2.58. The summed E-state index contributed by atoms with van der Waals surface area (Å²) in [4.78, 5) is 27.9. The van der Waals surface area contributed by atoms with E-state index in [0.29, 0.717) is 25.2 Å². The van der Waals surface area contributed by atoms with Crippen LogP contribution in [0.2, 0.25) is 0 Å². The Labute approximate surface area is 123 Å². The second-order valence-corrected chi connectivity index (χ2v) is 5.25. The third kappa shape index (κ3) is 3.58. The van der Waals surface area contributed by atoms with E-state index in [9.17, 15) is 14.0 Å². The lowest BCUT2D eigenvalue weighted by Gasteiger charge is -2.39. The minimum atomic E-state index is -0.520. The number of nitrogens with one attached hydrogen (secondary N) is 1. The van der Waals surface area contributed by atoms with Gasteiger partial charge in [0.15, 0.2) is 0 Å². The zero-order chi connectivity index (χ0) is 15.4. The van der Waals surface area contributed by atoms with E-state index < -0.39 is 11.9 Å². The number of amides is 2. The number of carbonyl (C=O) groups excluding carboxylic acids is 2. The molecule has 1 N–H and O–H groups in total. The molecule has 1 unspecified atom stereocenters. The van der Waals surface area contributed by atoms with E-state index >= 15 is 0 Å². The lowest BCUT2D eigenvalue weighted by molar-refractivity contribution is -0.143. The molecule has 114 valence electrons. The number of piperazine rings is 1. The Bertz CT molecular complexity index is 535. The van der Waals surface area contributed by atoms with Crippen molar-refractivity contribution in [1.82, 2.24) is 15.1 Å². The SMILES string of the molecule is CNC(=O)C1CN(C)CCN1C(=O)Cc1ccccc1F. The summed E-state index contributed by atoms with van der Waals surface area (Å²) in [7, 11) is 3.46. The maximum atomic E-state index is 13.6. The van der Waals surface area contributed by atoms with Gasteiger partial charge in [0.05, 0.1) is 6.42 Å². The first-order valence-electron chi connectivity index (χ1n) is 6.96. The first kappa shape index (κ1) is 15.4. The molecule has 1 aromatic carbocycles. The molecule has 1 aromatic rings. The summed E-state index contributed by atoms with van der Waals surface area (Å²) in [6.07, 6.45) is -0.0239. The molecule has 5 nitrogen and oxygen atoms in total. The van der Waals surface area contributed by atoms with Crippen molar-refractivity contribution in [3.05, 3.63) is 35.6 Å². The minimum absolute atomic E-state index is 0.0239. The standard InChI is InChI=1S/C15H20FN3O2/c1-17-15(21)13-10-18(2)7-8-19(13)14(20)9-11-5-3-4-6-12(11)16/h3-6,13H,7-10H2,1-2H3,(H,17,21). The highest BCUT2D eigenvalue weighted by atomic mass is 19.1. The minimum Gasteiger partial charge on any atom is -0.357 e. The van der Waals surface area contributed by atoms with Gasteiger partial charge in [-0.25, -0.2) is 4.39 Å². The van der Waals surface area contributed by atoms with Gasteiger partial charge in [-0.2, -0.15) is 0 Å². The number of rotatable bonds is 3. The first-order chi connectivity index (χ1) is 10.0. The topological polar surface area (TPSA) is 52.7 Å². The molecule has 1 fully saturated rings. The fourth-order valence-corrected chi connectivity index (χ4v) is 2.52. The lowest BCUT2D eigenvalue weighted by atomic mass is 10.1. The van der Waals surface area contributed by atoms with E-state index in [1.807, 2.05) is 11.9 Å². The third-order valence-electron chi connectivity index (χ3n) is 3.75. The molecule has 1 saturated heterocycles. The summed E-state index contributed by atoms with van der Waals surface area (Å²) in [6, 6.07) is 5.70. The fraction of sp³-hybridized carbons (Fsp3) is 0.467. The molecule has 0 saturated carbocycles. The zero-order valence-corrected chi connectivity index (χ0v) is 12.3. The molecule has 21 heavy (non-hydrogen) atoms. The van der Waals surface area contributed by atoms with Gasteiger partial charge in [0.1, 0.15) is 11.9 Å². The second kappa shape index (κ2) is 6.67. The van der Waals surface area contributed by atoms with Gasteiger partial charge in [-0.1, -0.05) is 18.2 Å². The molecular formula is C15H20FN3O2. The maximum absolute atomic E-state index is 13.6. The van der Waals surface area contributed by atoms with Crippen molar-refractivity contribution in [1.29, 1.82) is 0 Å². The predicted octanol–water partition coefficient (Wildman–Crippen LogP) is 0.257. The second-order valence-electron chi connectivity index (χ2n) is 5.25. The predicted molar refractivity (Wildman–Crippen MR) is 77.2 cm³/mol. The van der Waals surface area contributed by atoms with E-state index in [1.54, 1.807) is 30.1 Å². The molecule has 2 rings (SSSR count). The van der Waals surface area contributed by atoms with E-state index in [1.165, 1.54) is 6.07 Å². The average molecular weight is 293 g/mol. The number of halogens is 1. The van der Waals surface area contributed by atoms with Crippen LogP contribution in [0.1, 0.15) is 5.56 Å². The molecule has 1 atom stereocenters. The number of hydrogen-bond donors (Lipinski definition) is 1. The molecule has 0 spiro atoms. The third-order valence-corrected chi connectivity index (χ3v) is 3.75. The first-order valence-corrected chi connectivity index (χ1v) is 6.96. The van der Waals surface area contributed by atoms with Gasteiger partial charge in [-0.15, -0.1) is 0 Å². The Morgan fingerprint density at radius 2 is 2.05 bits per heavy atom. The van der Waals surface area contributed by atoms with Crippen molar-refractivity contribution in [2.75, 3.05) is 33.7 Å². The van der Waals surface area contributed by atoms with Gasteiger partial charge in [0.2, 0.25) is 11.8 Å². The van der Waals surface area contributed by atoms with Crippen molar-refractivity contribution >= 4 is 11.8 Å². The van der Waals surface area contributed by atoms with Gasteiger partial charge in [-0.05, 0) is 18.7 Å². The lowest BCUT2D eigenvalue weighted by Crippen LogP contribution is -2.59. The quantitative estimate of drug-likeness (QED) is 0.869. The molecule has 1 heterocycles. The van der Waals surface area contributed by atoms with Crippen LogP contribution in [0, 0.1) is 5.82 Å². The van der Waals surface area contributed by atoms with E-state index in [4.69, 9.17) is 0 Å². The van der Waals surface area contributed by atoms with Crippen LogP contribution < -0.4 is 5.32 Å². The van der Waals surface area contributed by atoms with Crippen LogP contribution in [-0.2, 0) is 16.0 Å². The monoisotopic (exact) mass is 293 g/mol. The normalized spacial score (nSPS) is 19.4. The molecule has 1 aliphatic heterocycles. The van der Waals surface area contributed by atoms with Crippen LogP contribution in [0.4, 0.5) is 4.39 Å². The number of nitrogens with zero attached hydrogens (tertiary/aromatic N) is 2. The zero-order valence-electron chi connectivity index (χ0n) is 12.3. The number of benzene rings is 1. The Balaban J connectivity index is 2.12. The number of likely N-dealkylation sites (N-methyl/N-ethyl adjacent to an activating group) is 2. The van der Waals surface area contributed by atoms with Crippen molar-refractivity contribution in [3.63, 3.8) is 0 Å². The molecule has 2 amide bonds. The highest BCUT2D eigenvalue weighted by molar-refractivity contribution is 5.88. The average Bonchev–Trinajstić information content (AvgIpc) is 2.48. The smallest absolute Gasteiger partial charge is 0.243 e. The summed E-state index contributed by atoms with van der Waals surface area (Å²) in [5.74, 6) is -0.804. The van der Waals surface area contributed by atoms with Crippen LogP contribution in [0.15, 0.2) is 24.3 Å². The van der Waals surface area contributed by atoms with Gasteiger partial charge >= 0.3 is 0 Å². The molecule has 1 aliphatic rings.